The highest BCUT2D eigenvalue weighted by Crippen LogP contribution is 2.36. The molecule has 0 unspecified atom stereocenters. The highest BCUT2D eigenvalue weighted by molar-refractivity contribution is 5.63. The summed E-state index contributed by atoms with van der Waals surface area (Å²) < 4.78 is 5.55. The van der Waals surface area contributed by atoms with Crippen molar-refractivity contribution in [2.75, 3.05) is 19.0 Å². The van der Waals surface area contributed by atoms with Gasteiger partial charge in [0, 0.05) is 14.1 Å². The average Bonchev–Trinajstić information content (AvgIpc) is 2.07. The van der Waals surface area contributed by atoms with Crippen LogP contribution in [0.4, 0.5) is 5.69 Å². The average molecular weight is 195 g/mol. The third-order valence-corrected chi connectivity index (χ3v) is 1.81. The van der Waals surface area contributed by atoms with Gasteiger partial charge in [0.1, 0.15) is 0 Å². The number of nitrogens with zero attached hydrogens (tertiary/aromatic N) is 1. The second kappa shape index (κ2) is 4.22. The number of phenolic OH excluding ortho intramolecular Hbond substituents is 1. The summed E-state index contributed by atoms with van der Waals surface area (Å²) in [5.41, 5.74) is 0.888. The van der Waals surface area contributed by atoms with Crippen molar-refractivity contribution in [2.45, 2.75) is 20.0 Å². The van der Waals surface area contributed by atoms with E-state index in [1.54, 1.807) is 12.1 Å². The summed E-state index contributed by atoms with van der Waals surface area (Å²) in [5, 5.41) is 9.64. The molecule has 0 amide bonds. The van der Waals surface area contributed by atoms with Crippen LogP contribution in [-0.4, -0.2) is 25.3 Å². The van der Waals surface area contributed by atoms with Crippen LogP contribution in [0.25, 0.3) is 0 Å². The molecule has 3 heteroatoms. The first-order valence-corrected chi connectivity index (χ1v) is 4.68. The topological polar surface area (TPSA) is 32.7 Å². The number of rotatable bonds is 3. The van der Waals surface area contributed by atoms with Gasteiger partial charge in [0.05, 0.1) is 11.8 Å². The van der Waals surface area contributed by atoms with Gasteiger partial charge in [0.15, 0.2) is 11.5 Å². The third kappa shape index (κ3) is 2.31. The summed E-state index contributed by atoms with van der Waals surface area (Å²) in [6, 6.07) is 5.35. The molecule has 3 nitrogen and oxygen atoms in total. The van der Waals surface area contributed by atoms with Gasteiger partial charge >= 0.3 is 0 Å². The Balaban J connectivity index is 3.09. The van der Waals surface area contributed by atoms with E-state index in [1.807, 2.05) is 38.9 Å². The zero-order valence-electron chi connectivity index (χ0n) is 9.11. The van der Waals surface area contributed by atoms with E-state index in [9.17, 15) is 5.11 Å². The van der Waals surface area contributed by atoms with E-state index in [1.165, 1.54) is 0 Å². The van der Waals surface area contributed by atoms with Crippen LogP contribution in [0.5, 0.6) is 11.5 Å². The van der Waals surface area contributed by atoms with Gasteiger partial charge in [-0.2, -0.15) is 0 Å². The van der Waals surface area contributed by atoms with Crippen LogP contribution in [0.15, 0.2) is 18.2 Å². The molecule has 1 aromatic carbocycles. The SMILES string of the molecule is CC(C)Oc1c(O)cccc1N(C)C. The number of hydrogen-bond acceptors (Lipinski definition) is 3. The van der Waals surface area contributed by atoms with E-state index in [0.717, 1.165) is 5.69 Å². The fourth-order valence-corrected chi connectivity index (χ4v) is 1.22. The number of phenols is 1. The Morgan fingerprint density at radius 3 is 2.43 bits per heavy atom. The molecule has 0 heterocycles. The summed E-state index contributed by atoms with van der Waals surface area (Å²) >= 11 is 0. The summed E-state index contributed by atoms with van der Waals surface area (Å²) in [6.45, 7) is 3.87. The summed E-state index contributed by atoms with van der Waals surface area (Å²) in [6.07, 6.45) is 0.0574. The van der Waals surface area contributed by atoms with Crippen molar-refractivity contribution in [3.8, 4) is 11.5 Å². The molecule has 0 aliphatic rings. The smallest absolute Gasteiger partial charge is 0.184 e. The molecule has 0 aliphatic carbocycles. The van der Waals surface area contributed by atoms with Crippen molar-refractivity contribution < 1.29 is 9.84 Å². The summed E-state index contributed by atoms with van der Waals surface area (Å²) in [4.78, 5) is 1.91. The second-order valence-electron chi connectivity index (χ2n) is 3.69. The third-order valence-electron chi connectivity index (χ3n) is 1.81. The minimum absolute atomic E-state index is 0.0574. The lowest BCUT2D eigenvalue weighted by atomic mass is 10.2. The predicted octanol–water partition coefficient (Wildman–Crippen LogP) is 2.25. The minimum Gasteiger partial charge on any atom is -0.504 e. The van der Waals surface area contributed by atoms with Gasteiger partial charge in [-0.3, -0.25) is 0 Å². The van der Waals surface area contributed by atoms with Crippen LogP contribution >= 0.6 is 0 Å². The Morgan fingerprint density at radius 1 is 1.29 bits per heavy atom. The van der Waals surface area contributed by atoms with Gasteiger partial charge in [0.2, 0.25) is 0 Å². The van der Waals surface area contributed by atoms with Crippen molar-refractivity contribution >= 4 is 5.69 Å². The van der Waals surface area contributed by atoms with E-state index >= 15 is 0 Å². The molecule has 0 radical (unpaired) electrons. The maximum atomic E-state index is 9.64. The van der Waals surface area contributed by atoms with E-state index in [2.05, 4.69) is 0 Å². The molecular weight excluding hydrogens is 178 g/mol. The van der Waals surface area contributed by atoms with Crippen LogP contribution in [-0.2, 0) is 0 Å². The number of aromatic hydroxyl groups is 1. The van der Waals surface area contributed by atoms with E-state index in [-0.39, 0.29) is 11.9 Å². The number of benzene rings is 1. The Labute approximate surface area is 84.9 Å². The molecule has 78 valence electrons. The van der Waals surface area contributed by atoms with Crippen molar-refractivity contribution in [1.82, 2.24) is 0 Å². The monoisotopic (exact) mass is 195 g/mol. The molecule has 0 fully saturated rings. The van der Waals surface area contributed by atoms with Crippen LogP contribution in [0, 0.1) is 0 Å². The lowest BCUT2D eigenvalue weighted by Gasteiger charge is -2.20. The second-order valence-corrected chi connectivity index (χ2v) is 3.69. The molecular formula is C11H17NO2. The minimum atomic E-state index is 0.0574. The fraction of sp³-hybridized carbons (Fsp3) is 0.455. The maximum absolute atomic E-state index is 9.64. The summed E-state index contributed by atoms with van der Waals surface area (Å²) in [7, 11) is 3.84. The maximum Gasteiger partial charge on any atom is 0.184 e. The molecule has 1 aromatic rings. The van der Waals surface area contributed by atoms with E-state index in [0.29, 0.717) is 5.75 Å². The van der Waals surface area contributed by atoms with Crippen LogP contribution in [0.1, 0.15) is 13.8 Å². The molecule has 0 bridgehead atoms. The first kappa shape index (κ1) is 10.7. The highest BCUT2D eigenvalue weighted by atomic mass is 16.5. The Kier molecular flexibility index (Phi) is 3.23. The van der Waals surface area contributed by atoms with Crippen molar-refractivity contribution in [2.24, 2.45) is 0 Å². The standard InChI is InChI=1S/C11H17NO2/c1-8(2)14-11-9(12(3)4)6-5-7-10(11)13/h5-8,13H,1-4H3. The van der Waals surface area contributed by atoms with E-state index < -0.39 is 0 Å². The molecule has 0 saturated heterocycles. The van der Waals surface area contributed by atoms with Gasteiger partial charge in [-0.25, -0.2) is 0 Å². The van der Waals surface area contributed by atoms with Crippen molar-refractivity contribution in [3.05, 3.63) is 18.2 Å². The Bertz CT molecular complexity index is 308. The zero-order chi connectivity index (χ0) is 10.7. The molecule has 14 heavy (non-hydrogen) atoms. The Hall–Kier alpha value is -1.38. The number of para-hydroxylation sites is 1. The molecule has 1 rings (SSSR count). The molecule has 1 N–H and O–H groups in total. The lowest BCUT2D eigenvalue weighted by molar-refractivity contribution is 0.232. The first-order chi connectivity index (χ1) is 6.52. The number of anilines is 1. The van der Waals surface area contributed by atoms with Gasteiger partial charge in [-0.15, -0.1) is 0 Å². The lowest BCUT2D eigenvalue weighted by Crippen LogP contribution is -2.13. The van der Waals surface area contributed by atoms with Crippen LogP contribution in [0.3, 0.4) is 0 Å². The largest absolute Gasteiger partial charge is 0.504 e. The quantitative estimate of drug-likeness (QED) is 0.803. The highest BCUT2D eigenvalue weighted by Gasteiger charge is 2.11. The molecule has 0 aliphatic heterocycles. The number of hydrogen-bond donors (Lipinski definition) is 1. The fourth-order valence-electron chi connectivity index (χ4n) is 1.22. The van der Waals surface area contributed by atoms with Gasteiger partial charge in [-0.05, 0) is 26.0 Å². The Morgan fingerprint density at radius 2 is 1.93 bits per heavy atom. The van der Waals surface area contributed by atoms with Crippen molar-refractivity contribution in [3.63, 3.8) is 0 Å². The normalized spacial score (nSPS) is 10.4. The van der Waals surface area contributed by atoms with Crippen molar-refractivity contribution in [1.29, 1.82) is 0 Å². The predicted molar refractivity (Wildman–Crippen MR) is 58.2 cm³/mol. The molecule has 0 atom stereocenters. The number of ether oxygens (including phenoxy) is 1. The van der Waals surface area contributed by atoms with Gasteiger partial charge in [-0.1, -0.05) is 6.07 Å². The van der Waals surface area contributed by atoms with E-state index in [4.69, 9.17) is 4.74 Å². The first-order valence-electron chi connectivity index (χ1n) is 4.68. The molecule has 0 spiro atoms. The van der Waals surface area contributed by atoms with Gasteiger partial charge in [0.25, 0.3) is 0 Å². The van der Waals surface area contributed by atoms with Crippen LogP contribution < -0.4 is 9.64 Å². The zero-order valence-corrected chi connectivity index (χ0v) is 9.11. The van der Waals surface area contributed by atoms with Gasteiger partial charge < -0.3 is 14.7 Å². The molecule has 0 saturated carbocycles. The summed E-state index contributed by atoms with van der Waals surface area (Å²) in [5.74, 6) is 0.734. The molecule has 0 aromatic heterocycles. The van der Waals surface area contributed by atoms with Crippen LogP contribution in [0.2, 0.25) is 0 Å².